The van der Waals surface area contributed by atoms with Crippen molar-refractivity contribution in [2.75, 3.05) is 0 Å². The summed E-state index contributed by atoms with van der Waals surface area (Å²) in [6, 6.07) is 3.38. The van der Waals surface area contributed by atoms with Crippen LogP contribution in [0.5, 0.6) is 0 Å². The van der Waals surface area contributed by atoms with Crippen LogP contribution in [0.25, 0.3) is 0 Å². The maximum Gasteiger partial charge on any atom is 0.326 e. The molecule has 0 bridgehead atoms. The van der Waals surface area contributed by atoms with Crippen LogP contribution < -0.4 is 11.1 Å². The lowest BCUT2D eigenvalue weighted by atomic mass is 10.1. The summed E-state index contributed by atoms with van der Waals surface area (Å²) in [6.07, 6.45) is -0.206. The first-order chi connectivity index (χ1) is 9.31. The maximum absolute atomic E-state index is 12.0. The lowest BCUT2D eigenvalue weighted by molar-refractivity contribution is -0.139. The minimum Gasteiger partial charge on any atom is -0.480 e. The van der Waals surface area contributed by atoms with Gasteiger partial charge in [-0.25, -0.2) is 4.79 Å². The number of carboxylic acids is 1. The van der Waals surface area contributed by atoms with Crippen LogP contribution in [0.2, 0.25) is 5.02 Å². The maximum atomic E-state index is 12.0. The Balaban J connectivity index is 2.82. The standard InChI is InChI=1S/C12H12BrClN2O4/c13-8-2-1-6(14)5-7(8)11(18)16-9(12(19)20)3-4-10(15)17/h1-2,5,9H,3-4H2,(H2,15,17)(H,16,18)(H,19,20)/t9-/m1/s1. The molecule has 0 saturated heterocycles. The molecule has 0 aliphatic rings. The van der Waals surface area contributed by atoms with Gasteiger partial charge in [-0.15, -0.1) is 0 Å². The topological polar surface area (TPSA) is 109 Å². The fraction of sp³-hybridized carbons (Fsp3) is 0.250. The van der Waals surface area contributed by atoms with E-state index in [-0.39, 0.29) is 18.4 Å². The van der Waals surface area contributed by atoms with Gasteiger partial charge < -0.3 is 16.2 Å². The Morgan fingerprint density at radius 1 is 1.40 bits per heavy atom. The number of hydrogen-bond donors (Lipinski definition) is 3. The van der Waals surface area contributed by atoms with Crippen LogP contribution in [-0.4, -0.2) is 28.9 Å². The number of hydrogen-bond acceptors (Lipinski definition) is 3. The van der Waals surface area contributed by atoms with Crippen LogP contribution in [-0.2, 0) is 9.59 Å². The Kier molecular flexibility index (Phi) is 5.97. The van der Waals surface area contributed by atoms with Gasteiger partial charge in [-0.1, -0.05) is 11.6 Å². The lowest BCUT2D eigenvalue weighted by Gasteiger charge is -2.14. The van der Waals surface area contributed by atoms with E-state index in [9.17, 15) is 14.4 Å². The largest absolute Gasteiger partial charge is 0.480 e. The van der Waals surface area contributed by atoms with Gasteiger partial charge in [-0.05, 0) is 40.5 Å². The average molecular weight is 364 g/mol. The van der Waals surface area contributed by atoms with Gasteiger partial charge in [0.2, 0.25) is 5.91 Å². The van der Waals surface area contributed by atoms with Gasteiger partial charge >= 0.3 is 5.97 Å². The molecule has 1 atom stereocenters. The molecule has 1 aromatic rings. The summed E-state index contributed by atoms with van der Waals surface area (Å²) in [5.41, 5.74) is 5.17. The van der Waals surface area contributed by atoms with Crippen molar-refractivity contribution in [1.29, 1.82) is 0 Å². The van der Waals surface area contributed by atoms with Crippen LogP contribution in [0.1, 0.15) is 23.2 Å². The van der Waals surface area contributed by atoms with E-state index in [2.05, 4.69) is 21.2 Å². The molecule has 4 N–H and O–H groups in total. The number of halogens is 2. The minimum absolute atomic E-state index is 0.0748. The smallest absolute Gasteiger partial charge is 0.326 e. The third-order valence-electron chi connectivity index (χ3n) is 2.46. The molecular formula is C12H12BrClN2O4. The predicted octanol–water partition coefficient (Wildman–Crippen LogP) is 1.55. The van der Waals surface area contributed by atoms with Crippen molar-refractivity contribution in [2.24, 2.45) is 5.73 Å². The molecule has 0 unspecified atom stereocenters. The second-order valence-electron chi connectivity index (χ2n) is 3.99. The van der Waals surface area contributed by atoms with Crippen LogP contribution >= 0.6 is 27.5 Å². The summed E-state index contributed by atoms with van der Waals surface area (Å²) < 4.78 is 0.485. The van der Waals surface area contributed by atoms with E-state index in [1.165, 1.54) is 6.07 Å². The Labute approximate surface area is 128 Å². The molecule has 8 heteroatoms. The first-order valence-electron chi connectivity index (χ1n) is 5.58. The van der Waals surface area contributed by atoms with Crippen molar-refractivity contribution in [2.45, 2.75) is 18.9 Å². The molecular weight excluding hydrogens is 351 g/mol. The van der Waals surface area contributed by atoms with Crippen molar-refractivity contribution < 1.29 is 19.5 Å². The third kappa shape index (κ3) is 4.82. The van der Waals surface area contributed by atoms with Gasteiger partial charge in [0.25, 0.3) is 5.91 Å². The summed E-state index contributed by atoms with van der Waals surface area (Å²) >= 11 is 8.96. The minimum atomic E-state index is -1.24. The highest BCUT2D eigenvalue weighted by Crippen LogP contribution is 2.21. The monoisotopic (exact) mass is 362 g/mol. The highest BCUT2D eigenvalue weighted by molar-refractivity contribution is 9.10. The summed E-state index contributed by atoms with van der Waals surface area (Å²) in [5, 5.41) is 11.7. The molecule has 6 nitrogen and oxygen atoms in total. The van der Waals surface area contributed by atoms with Crippen LogP contribution in [0.3, 0.4) is 0 Å². The number of rotatable bonds is 6. The Bertz CT molecular complexity index is 550. The highest BCUT2D eigenvalue weighted by Gasteiger charge is 2.22. The van der Waals surface area contributed by atoms with Crippen LogP contribution in [0.4, 0.5) is 0 Å². The van der Waals surface area contributed by atoms with Crippen LogP contribution in [0.15, 0.2) is 22.7 Å². The molecule has 108 valence electrons. The van der Waals surface area contributed by atoms with E-state index in [0.717, 1.165) is 0 Å². The number of carbonyl (C=O) groups is 3. The number of benzene rings is 1. The zero-order chi connectivity index (χ0) is 15.3. The molecule has 0 radical (unpaired) electrons. The number of primary amides is 1. The average Bonchev–Trinajstić information content (AvgIpc) is 2.36. The Hall–Kier alpha value is -1.60. The van der Waals surface area contributed by atoms with E-state index in [0.29, 0.717) is 9.50 Å². The van der Waals surface area contributed by atoms with Gasteiger partial charge in [-0.3, -0.25) is 9.59 Å². The first-order valence-corrected chi connectivity index (χ1v) is 6.75. The SMILES string of the molecule is NC(=O)CC[C@@H](NC(=O)c1cc(Cl)ccc1Br)C(=O)O. The number of nitrogens with one attached hydrogen (secondary N) is 1. The van der Waals surface area contributed by atoms with Crippen molar-refractivity contribution in [3.8, 4) is 0 Å². The molecule has 20 heavy (non-hydrogen) atoms. The molecule has 0 heterocycles. The first kappa shape index (κ1) is 16.5. The van der Waals surface area contributed by atoms with E-state index in [1.807, 2.05) is 0 Å². The Morgan fingerprint density at radius 2 is 2.05 bits per heavy atom. The van der Waals surface area contributed by atoms with Gasteiger partial charge in [0.05, 0.1) is 5.56 Å². The third-order valence-corrected chi connectivity index (χ3v) is 3.38. The zero-order valence-corrected chi connectivity index (χ0v) is 12.6. The van der Waals surface area contributed by atoms with Gasteiger partial charge in [0, 0.05) is 15.9 Å². The summed E-state index contributed by atoms with van der Waals surface area (Å²) in [4.78, 5) is 33.7. The van der Waals surface area contributed by atoms with E-state index >= 15 is 0 Å². The molecule has 0 aliphatic carbocycles. The second kappa shape index (κ2) is 7.25. The zero-order valence-electron chi connectivity index (χ0n) is 10.2. The molecule has 0 saturated carbocycles. The van der Waals surface area contributed by atoms with Crippen molar-refractivity contribution >= 4 is 45.3 Å². The summed E-state index contributed by atoms with van der Waals surface area (Å²) in [6.45, 7) is 0. The Morgan fingerprint density at radius 3 is 2.60 bits per heavy atom. The molecule has 2 amide bonds. The van der Waals surface area contributed by atoms with Crippen molar-refractivity contribution in [3.05, 3.63) is 33.3 Å². The molecule has 0 aromatic heterocycles. The van der Waals surface area contributed by atoms with E-state index in [4.69, 9.17) is 22.4 Å². The van der Waals surface area contributed by atoms with Crippen LogP contribution in [0, 0.1) is 0 Å². The predicted molar refractivity (Wildman–Crippen MR) is 76.5 cm³/mol. The quantitative estimate of drug-likeness (QED) is 0.712. The molecule has 1 rings (SSSR count). The number of carboxylic acid groups (broad SMARTS) is 1. The fourth-order valence-corrected chi connectivity index (χ4v) is 2.05. The molecule has 0 aliphatic heterocycles. The van der Waals surface area contributed by atoms with Gasteiger partial charge in [0.1, 0.15) is 6.04 Å². The lowest BCUT2D eigenvalue weighted by Crippen LogP contribution is -2.41. The normalized spacial score (nSPS) is 11.7. The number of aliphatic carboxylic acids is 1. The van der Waals surface area contributed by atoms with Gasteiger partial charge in [0.15, 0.2) is 0 Å². The number of amides is 2. The van der Waals surface area contributed by atoms with E-state index < -0.39 is 23.8 Å². The fourth-order valence-electron chi connectivity index (χ4n) is 1.45. The van der Waals surface area contributed by atoms with Crippen molar-refractivity contribution in [1.82, 2.24) is 5.32 Å². The molecule has 0 fully saturated rings. The van der Waals surface area contributed by atoms with E-state index in [1.54, 1.807) is 12.1 Å². The highest BCUT2D eigenvalue weighted by atomic mass is 79.9. The molecule has 0 spiro atoms. The summed E-state index contributed by atoms with van der Waals surface area (Å²) in [7, 11) is 0. The second-order valence-corrected chi connectivity index (χ2v) is 5.28. The number of nitrogens with two attached hydrogens (primary N) is 1. The molecule has 1 aromatic carbocycles. The van der Waals surface area contributed by atoms with Crippen molar-refractivity contribution in [3.63, 3.8) is 0 Å². The van der Waals surface area contributed by atoms with Gasteiger partial charge in [-0.2, -0.15) is 0 Å². The number of carbonyl (C=O) groups excluding carboxylic acids is 2. The summed E-state index contributed by atoms with van der Waals surface area (Å²) in [5.74, 6) is -2.47.